The van der Waals surface area contributed by atoms with Crippen LogP contribution in [0.3, 0.4) is 0 Å². The van der Waals surface area contributed by atoms with Crippen LogP contribution in [0.5, 0.6) is 11.5 Å². The van der Waals surface area contributed by atoms with Gasteiger partial charge in [-0.25, -0.2) is 0 Å². The molecule has 0 radical (unpaired) electrons. The fourth-order valence-electron chi connectivity index (χ4n) is 1.59. The van der Waals surface area contributed by atoms with Crippen LogP contribution in [0.25, 0.3) is 0 Å². The lowest BCUT2D eigenvalue weighted by Crippen LogP contribution is -2.20. The maximum Gasteiger partial charge on any atom is 0.305 e. The number of nitrogens with two attached hydrogens (primary N) is 1. The molecule has 116 valence electrons. The number of esters is 2. The summed E-state index contributed by atoms with van der Waals surface area (Å²) >= 11 is 0. The highest BCUT2D eigenvalue weighted by Gasteiger charge is 2.12. The summed E-state index contributed by atoms with van der Waals surface area (Å²) in [7, 11) is 0. The van der Waals surface area contributed by atoms with Crippen LogP contribution in [-0.2, 0) is 19.1 Å². The van der Waals surface area contributed by atoms with E-state index in [2.05, 4.69) is 0 Å². The fourth-order valence-corrected chi connectivity index (χ4v) is 1.59. The third-order valence-corrected chi connectivity index (χ3v) is 2.24. The van der Waals surface area contributed by atoms with Crippen LogP contribution in [0, 0.1) is 0 Å². The second-order valence-electron chi connectivity index (χ2n) is 4.29. The van der Waals surface area contributed by atoms with Gasteiger partial charge in [0.1, 0.15) is 11.5 Å². The zero-order chi connectivity index (χ0) is 16.0. The topological polar surface area (TPSA) is 97.1 Å². The highest BCUT2D eigenvalue weighted by Crippen LogP contribution is 2.28. The van der Waals surface area contributed by atoms with Crippen molar-refractivity contribution < 1.29 is 28.5 Å². The zero-order valence-corrected chi connectivity index (χ0v) is 12.4. The van der Waals surface area contributed by atoms with E-state index in [1.165, 1.54) is 19.9 Å². The largest absolute Gasteiger partial charge is 0.455 e. The molecule has 2 N–H and O–H groups in total. The van der Waals surface area contributed by atoms with Crippen molar-refractivity contribution in [2.45, 2.75) is 40.3 Å². The number of rotatable bonds is 6. The summed E-state index contributed by atoms with van der Waals surface area (Å²) in [5, 5.41) is 0. The average molecular weight is 297 g/mol. The summed E-state index contributed by atoms with van der Waals surface area (Å²) in [6.07, 6.45) is -1.48. The van der Waals surface area contributed by atoms with Gasteiger partial charge in [-0.3, -0.25) is 9.59 Å². The molecule has 7 nitrogen and oxygen atoms in total. The first kappa shape index (κ1) is 16.6. The highest BCUT2D eigenvalue weighted by molar-refractivity contribution is 5.66. The molecule has 0 aliphatic rings. The van der Waals surface area contributed by atoms with E-state index in [0.717, 1.165) is 0 Å². The standard InChI is InChI=1S/C14H19NO6/c1-8(16)18-10(3)20-12-5-6-14(13(15)7-12)21-11(4)19-9(2)17/h5-7,10-11H,15H2,1-4H3. The molecule has 0 aliphatic carbocycles. The van der Waals surface area contributed by atoms with Gasteiger partial charge < -0.3 is 24.7 Å². The molecule has 0 bridgehead atoms. The number of carbonyl (C=O) groups is 2. The van der Waals surface area contributed by atoms with Crippen LogP contribution in [-0.4, -0.2) is 24.5 Å². The molecule has 0 fully saturated rings. The monoisotopic (exact) mass is 297 g/mol. The third kappa shape index (κ3) is 6.03. The second-order valence-corrected chi connectivity index (χ2v) is 4.29. The molecule has 0 aliphatic heterocycles. The summed E-state index contributed by atoms with van der Waals surface area (Å²) in [5.41, 5.74) is 6.13. The van der Waals surface area contributed by atoms with Crippen molar-refractivity contribution in [3.8, 4) is 11.5 Å². The lowest BCUT2D eigenvalue weighted by Gasteiger charge is -2.18. The highest BCUT2D eigenvalue weighted by atomic mass is 16.7. The van der Waals surface area contributed by atoms with Crippen LogP contribution in [0.2, 0.25) is 0 Å². The van der Waals surface area contributed by atoms with E-state index < -0.39 is 24.5 Å². The molecular formula is C14H19NO6. The number of hydrogen-bond acceptors (Lipinski definition) is 7. The van der Waals surface area contributed by atoms with Gasteiger partial charge in [0.25, 0.3) is 0 Å². The molecular weight excluding hydrogens is 278 g/mol. The van der Waals surface area contributed by atoms with E-state index in [4.69, 9.17) is 24.7 Å². The van der Waals surface area contributed by atoms with Gasteiger partial charge in [-0.15, -0.1) is 0 Å². The number of nitrogen functional groups attached to an aromatic ring is 1. The minimum atomic E-state index is -0.753. The SMILES string of the molecule is CC(=O)OC(C)Oc1ccc(OC(C)OC(C)=O)c(N)c1. The number of carbonyl (C=O) groups excluding carboxylic acids is 2. The quantitative estimate of drug-likeness (QED) is 0.486. The molecule has 0 saturated heterocycles. The van der Waals surface area contributed by atoms with Crippen LogP contribution in [0.15, 0.2) is 18.2 Å². The molecule has 0 spiro atoms. The lowest BCUT2D eigenvalue weighted by atomic mass is 10.3. The third-order valence-electron chi connectivity index (χ3n) is 2.24. The lowest BCUT2D eigenvalue weighted by molar-refractivity contribution is -0.159. The molecule has 0 amide bonds. The van der Waals surface area contributed by atoms with E-state index in [1.54, 1.807) is 26.0 Å². The Balaban J connectivity index is 2.67. The van der Waals surface area contributed by atoms with Crippen molar-refractivity contribution in [2.24, 2.45) is 0 Å². The zero-order valence-electron chi connectivity index (χ0n) is 12.4. The molecule has 21 heavy (non-hydrogen) atoms. The van der Waals surface area contributed by atoms with Gasteiger partial charge in [0.15, 0.2) is 0 Å². The number of benzene rings is 1. The van der Waals surface area contributed by atoms with Gasteiger partial charge in [-0.1, -0.05) is 0 Å². The van der Waals surface area contributed by atoms with Crippen LogP contribution >= 0.6 is 0 Å². The van der Waals surface area contributed by atoms with E-state index in [-0.39, 0.29) is 0 Å². The van der Waals surface area contributed by atoms with E-state index >= 15 is 0 Å². The first-order valence-corrected chi connectivity index (χ1v) is 6.35. The molecule has 1 aromatic carbocycles. The Kier molecular flexibility index (Phi) is 5.83. The number of ether oxygens (including phenoxy) is 4. The summed E-state index contributed by atoms with van der Waals surface area (Å²) in [6.45, 7) is 5.75. The summed E-state index contributed by atoms with van der Waals surface area (Å²) in [6, 6.07) is 4.70. The minimum Gasteiger partial charge on any atom is -0.455 e. The maximum absolute atomic E-state index is 10.8. The minimum absolute atomic E-state index is 0.307. The Labute approximate surface area is 122 Å². The van der Waals surface area contributed by atoms with Crippen molar-refractivity contribution in [3.63, 3.8) is 0 Å². The second kappa shape index (κ2) is 7.37. The van der Waals surface area contributed by atoms with Crippen LogP contribution in [0.4, 0.5) is 5.69 Å². The van der Waals surface area contributed by atoms with Gasteiger partial charge in [0.05, 0.1) is 5.69 Å². The van der Waals surface area contributed by atoms with E-state index in [1.807, 2.05) is 0 Å². The smallest absolute Gasteiger partial charge is 0.305 e. The Morgan fingerprint density at radius 3 is 2.00 bits per heavy atom. The molecule has 1 rings (SSSR count). The van der Waals surface area contributed by atoms with Gasteiger partial charge in [-0.2, -0.15) is 0 Å². The van der Waals surface area contributed by atoms with Crippen molar-refractivity contribution in [2.75, 3.05) is 5.73 Å². The molecule has 2 atom stereocenters. The number of anilines is 1. The first-order chi connectivity index (χ1) is 9.77. The van der Waals surface area contributed by atoms with Gasteiger partial charge >= 0.3 is 11.9 Å². The Bertz CT molecular complexity index is 516. The molecule has 2 unspecified atom stereocenters. The Morgan fingerprint density at radius 2 is 1.52 bits per heavy atom. The van der Waals surface area contributed by atoms with Gasteiger partial charge in [0.2, 0.25) is 12.6 Å². The first-order valence-electron chi connectivity index (χ1n) is 6.35. The predicted molar refractivity (Wildman–Crippen MR) is 74.6 cm³/mol. The van der Waals surface area contributed by atoms with E-state index in [9.17, 15) is 9.59 Å². The fraction of sp³-hybridized carbons (Fsp3) is 0.429. The molecule has 0 aromatic heterocycles. The summed E-state index contributed by atoms with van der Waals surface area (Å²) in [4.78, 5) is 21.6. The molecule has 0 heterocycles. The molecule has 0 saturated carbocycles. The normalized spacial score (nSPS) is 13.0. The summed E-state index contributed by atoms with van der Waals surface area (Å²) in [5.74, 6) is -0.105. The van der Waals surface area contributed by atoms with Gasteiger partial charge in [0, 0.05) is 33.8 Å². The van der Waals surface area contributed by atoms with E-state index in [0.29, 0.717) is 17.2 Å². The predicted octanol–water partition coefficient (Wildman–Crippen LogP) is 1.84. The molecule has 1 aromatic rings. The molecule has 7 heteroatoms. The van der Waals surface area contributed by atoms with Crippen molar-refractivity contribution in [3.05, 3.63) is 18.2 Å². The van der Waals surface area contributed by atoms with Crippen molar-refractivity contribution in [1.82, 2.24) is 0 Å². The van der Waals surface area contributed by atoms with Crippen LogP contribution in [0.1, 0.15) is 27.7 Å². The Hall–Kier alpha value is -2.44. The maximum atomic E-state index is 10.8. The van der Waals surface area contributed by atoms with Crippen molar-refractivity contribution >= 4 is 17.6 Å². The average Bonchev–Trinajstić information content (AvgIpc) is 2.30. The Morgan fingerprint density at radius 1 is 1.00 bits per heavy atom. The van der Waals surface area contributed by atoms with Crippen LogP contribution < -0.4 is 15.2 Å². The van der Waals surface area contributed by atoms with Crippen molar-refractivity contribution in [1.29, 1.82) is 0 Å². The number of hydrogen-bond donors (Lipinski definition) is 1. The summed E-state index contributed by atoms with van der Waals surface area (Å²) < 4.78 is 20.4. The van der Waals surface area contributed by atoms with Gasteiger partial charge in [-0.05, 0) is 12.1 Å².